The topological polar surface area (TPSA) is 55.8 Å². The third-order valence-corrected chi connectivity index (χ3v) is 18.1. The van der Waals surface area contributed by atoms with Gasteiger partial charge in [0.25, 0.3) is 11.1 Å². The van der Waals surface area contributed by atoms with Crippen LogP contribution in [0.1, 0.15) is 0 Å². The van der Waals surface area contributed by atoms with Gasteiger partial charge in [0.2, 0.25) is 0 Å². The lowest BCUT2D eigenvalue weighted by atomic mass is 9.95. The Kier molecular flexibility index (Phi) is 8.00. The summed E-state index contributed by atoms with van der Waals surface area (Å²) >= 11 is 3.64. The highest BCUT2D eigenvalue weighted by Gasteiger charge is 2.22. The molecule has 7 aromatic heterocycles. The molecule has 0 atom stereocenters. The van der Waals surface area contributed by atoms with E-state index in [9.17, 15) is 9.59 Å². The van der Waals surface area contributed by atoms with Crippen LogP contribution in [0.4, 0.5) is 0 Å². The van der Waals surface area contributed by atoms with E-state index in [1.165, 1.54) is 40.3 Å². The van der Waals surface area contributed by atoms with Crippen LogP contribution in [-0.4, -0.2) is 13.8 Å². The van der Waals surface area contributed by atoms with Crippen LogP contribution >= 0.6 is 22.7 Å². The molecule has 7 heterocycles. The minimum absolute atomic E-state index is 0.00506. The second-order valence-electron chi connectivity index (χ2n) is 19.7. The standard InChI is InChI=1S/C67H35N3O2S2/c71-66-47-12-3-1-9-43(47)53-31-41(32-55-49-27-36(17-22-58(49)69(66)64(53)55)38-19-24-61-51(29-38)45-11-5-6-15-60(45)73-61)39-20-25-62-52(30-39)46-21-16-40(35-63(46)74-62)37-18-23-59-50(28-37)56-34-42(57-14-7-8-26-68-57)33-54-44-10-2-4-13-48(44)67(72)70(59)65(54)56/h1-35H. The van der Waals surface area contributed by atoms with Crippen LogP contribution < -0.4 is 11.1 Å². The summed E-state index contributed by atoms with van der Waals surface area (Å²) in [5.74, 6) is 0. The Morgan fingerprint density at radius 3 is 1.27 bits per heavy atom. The molecule has 17 aromatic rings. The molecular weight excluding hydrogens is 943 g/mol. The summed E-state index contributed by atoms with van der Waals surface area (Å²) in [6.45, 7) is 0. The molecule has 0 radical (unpaired) electrons. The van der Waals surface area contributed by atoms with E-state index >= 15 is 0 Å². The molecule has 0 aliphatic heterocycles. The van der Waals surface area contributed by atoms with E-state index in [0.717, 1.165) is 110 Å². The molecule has 7 heteroatoms. The number of pyridine rings is 3. The monoisotopic (exact) mass is 977 g/mol. The molecule has 0 aliphatic carbocycles. The van der Waals surface area contributed by atoms with Gasteiger partial charge in [0.15, 0.2) is 0 Å². The number of nitrogens with zero attached hydrogens (tertiary/aromatic N) is 3. The SMILES string of the molecule is O=c1c2ccccc2c2cc(-c3ccc4sc5cc(-c6ccc7c(c6)c6cc(-c8ccccn8)cc8c9ccccc9c(=O)n7c86)ccc5c4c3)cc3c4cc(-c5ccc6sc7ccccc7c6c5)ccc4n1c23. The zero-order valence-corrected chi connectivity index (χ0v) is 40.8. The number of hydrogen-bond donors (Lipinski definition) is 0. The van der Waals surface area contributed by atoms with Crippen molar-refractivity contribution in [3.05, 3.63) is 233 Å². The molecule has 0 N–H and O–H groups in total. The van der Waals surface area contributed by atoms with Gasteiger partial charge in [-0.25, -0.2) is 0 Å². The van der Waals surface area contributed by atoms with Crippen molar-refractivity contribution in [2.75, 3.05) is 0 Å². The number of aromatic nitrogens is 3. The summed E-state index contributed by atoms with van der Waals surface area (Å²) in [4.78, 5) is 33.5. The van der Waals surface area contributed by atoms with Gasteiger partial charge in [-0.1, -0.05) is 97.1 Å². The predicted octanol–water partition coefficient (Wildman–Crippen LogP) is 17.5. The quantitative estimate of drug-likeness (QED) is 0.165. The Bertz CT molecular complexity index is 5430. The maximum atomic E-state index is 14.5. The fraction of sp³-hybridized carbons (Fsp3) is 0. The van der Waals surface area contributed by atoms with Crippen molar-refractivity contribution >= 4 is 139 Å². The average molecular weight is 978 g/mol. The van der Waals surface area contributed by atoms with Gasteiger partial charge >= 0.3 is 0 Å². The lowest BCUT2D eigenvalue weighted by Crippen LogP contribution is -2.12. The molecule has 0 bridgehead atoms. The van der Waals surface area contributed by atoms with Crippen LogP contribution in [0.5, 0.6) is 0 Å². The van der Waals surface area contributed by atoms with Crippen LogP contribution in [0.15, 0.2) is 222 Å². The van der Waals surface area contributed by atoms with Gasteiger partial charge in [-0.2, -0.15) is 0 Å². The van der Waals surface area contributed by atoms with Crippen LogP contribution in [0, 0.1) is 0 Å². The van der Waals surface area contributed by atoms with Gasteiger partial charge in [0, 0.05) is 95.2 Å². The van der Waals surface area contributed by atoms with E-state index in [0.29, 0.717) is 10.8 Å². The second kappa shape index (κ2) is 14.7. The summed E-state index contributed by atoms with van der Waals surface area (Å²) in [6, 6.07) is 73.2. The Labute approximate surface area is 428 Å². The van der Waals surface area contributed by atoms with Crippen LogP contribution in [0.25, 0.3) is 161 Å². The van der Waals surface area contributed by atoms with Gasteiger partial charge in [0.05, 0.1) is 27.8 Å². The molecule has 0 aliphatic rings. The fourth-order valence-corrected chi connectivity index (χ4v) is 14.6. The molecule has 0 saturated carbocycles. The molecular formula is C67H35N3O2S2. The van der Waals surface area contributed by atoms with E-state index < -0.39 is 0 Å². The average Bonchev–Trinajstić information content (AvgIpc) is 4.27. The molecule has 17 rings (SSSR count). The lowest BCUT2D eigenvalue weighted by molar-refractivity contribution is 1.21. The highest BCUT2D eigenvalue weighted by molar-refractivity contribution is 7.26. The number of thiophene rings is 2. The first-order valence-corrected chi connectivity index (χ1v) is 26.5. The predicted molar refractivity (Wildman–Crippen MR) is 314 cm³/mol. The molecule has 5 nitrogen and oxygen atoms in total. The normalized spacial score (nSPS) is 12.4. The molecule has 10 aromatic carbocycles. The van der Waals surface area contributed by atoms with Crippen molar-refractivity contribution < 1.29 is 0 Å². The third-order valence-electron chi connectivity index (χ3n) is 15.8. The zero-order chi connectivity index (χ0) is 48.5. The van der Waals surface area contributed by atoms with E-state index in [1.54, 1.807) is 0 Å². The van der Waals surface area contributed by atoms with Crippen LogP contribution in [-0.2, 0) is 0 Å². The maximum Gasteiger partial charge on any atom is 0.263 e. The first-order chi connectivity index (χ1) is 36.5. The Balaban J connectivity index is 0.820. The van der Waals surface area contributed by atoms with Crippen molar-refractivity contribution in [1.82, 2.24) is 13.8 Å². The van der Waals surface area contributed by atoms with Crippen molar-refractivity contribution in [2.24, 2.45) is 0 Å². The summed E-state index contributed by atoms with van der Waals surface area (Å²) < 4.78 is 8.86. The molecule has 0 spiro atoms. The fourth-order valence-electron chi connectivity index (χ4n) is 12.4. The molecule has 0 fully saturated rings. The van der Waals surface area contributed by atoms with E-state index in [4.69, 9.17) is 4.98 Å². The molecule has 0 amide bonds. The molecule has 74 heavy (non-hydrogen) atoms. The molecule has 342 valence electrons. The first kappa shape index (κ1) is 40.3. The van der Waals surface area contributed by atoms with Crippen molar-refractivity contribution in [1.29, 1.82) is 0 Å². The van der Waals surface area contributed by atoms with Gasteiger partial charge < -0.3 is 0 Å². The van der Waals surface area contributed by atoms with Gasteiger partial charge in [-0.15, -0.1) is 22.7 Å². The highest BCUT2D eigenvalue weighted by atomic mass is 32.1. The molecule has 0 unspecified atom stereocenters. The van der Waals surface area contributed by atoms with Crippen molar-refractivity contribution in [3.8, 4) is 44.6 Å². The summed E-state index contributed by atoms with van der Waals surface area (Å²) in [5.41, 5.74) is 12.4. The summed E-state index contributed by atoms with van der Waals surface area (Å²) in [7, 11) is 0. The van der Waals surface area contributed by atoms with E-state index in [2.05, 4.69) is 152 Å². The van der Waals surface area contributed by atoms with Gasteiger partial charge in [0.1, 0.15) is 0 Å². The van der Waals surface area contributed by atoms with Gasteiger partial charge in [-0.05, 0) is 153 Å². The number of hydrogen-bond acceptors (Lipinski definition) is 5. The summed E-state index contributed by atoms with van der Waals surface area (Å²) in [6.07, 6.45) is 1.83. The van der Waals surface area contributed by atoms with Crippen LogP contribution in [0.2, 0.25) is 0 Å². The molecule has 0 saturated heterocycles. The minimum Gasteiger partial charge on any atom is -0.275 e. The number of fused-ring (bicyclic) bond motifs is 16. The van der Waals surface area contributed by atoms with Crippen molar-refractivity contribution in [3.63, 3.8) is 0 Å². The van der Waals surface area contributed by atoms with E-state index in [1.807, 2.05) is 92.3 Å². The Morgan fingerprint density at radius 2 is 0.689 bits per heavy atom. The second-order valence-corrected chi connectivity index (χ2v) is 21.9. The zero-order valence-electron chi connectivity index (χ0n) is 39.2. The summed E-state index contributed by atoms with van der Waals surface area (Å²) in [5, 5.41) is 14.6. The largest absolute Gasteiger partial charge is 0.275 e. The number of rotatable bonds is 4. The van der Waals surface area contributed by atoms with Crippen LogP contribution in [0.3, 0.4) is 0 Å². The highest BCUT2D eigenvalue weighted by Crippen LogP contribution is 2.45. The Morgan fingerprint density at radius 1 is 0.284 bits per heavy atom. The lowest BCUT2D eigenvalue weighted by Gasteiger charge is -2.10. The first-order valence-electron chi connectivity index (χ1n) is 24.8. The third kappa shape index (κ3) is 5.49. The Hall–Kier alpha value is -9.27. The van der Waals surface area contributed by atoms with Crippen molar-refractivity contribution in [2.45, 2.75) is 0 Å². The number of benzene rings is 10. The van der Waals surface area contributed by atoms with Gasteiger partial charge in [-0.3, -0.25) is 23.4 Å². The maximum absolute atomic E-state index is 14.5. The smallest absolute Gasteiger partial charge is 0.263 e. The van der Waals surface area contributed by atoms with E-state index in [-0.39, 0.29) is 11.1 Å². The minimum atomic E-state index is -0.00506.